The highest BCUT2D eigenvalue weighted by atomic mass is 35.5. The molecule has 2 rings (SSSR count). The Hall–Kier alpha value is -0.800. The Bertz CT molecular complexity index is 311. The normalized spacial score (nSPS) is 17.5. The van der Waals surface area contributed by atoms with Gasteiger partial charge in [0.1, 0.15) is 0 Å². The van der Waals surface area contributed by atoms with E-state index in [-0.39, 0.29) is 0 Å². The van der Waals surface area contributed by atoms with E-state index in [2.05, 4.69) is 9.88 Å². The van der Waals surface area contributed by atoms with Gasteiger partial charge in [0.05, 0.1) is 12.5 Å². The molecule has 1 aromatic rings. The van der Waals surface area contributed by atoms with Crippen molar-refractivity contribution in [1.82, 2.24) is 4.98 Å². The number of ether oxygens (including phenoxy) is 1. The van der Waals surface area contributed by atoms with Crippen LogP contribution in [0.4, 0.5) is 5.69 Å². The zero-order valence-electron chi connectivity index (χ0n) is 8.66. The van der Waals surface area contributed by atoms with Gasteiger partial charge in [-0.15, -0.1) is 11.6 Å². The lowest BCUT2D eigenvalue weighted by Gasteiger charge is -2.23. The molecular formula is C11H15ClN2O. The Balaban J connectivity index is 2.18. The summed E-state index contributed by atoms with van der Waals surface area (Å²) in [7, 11) is 0. The molecule has 1 aliphatic heterocycles. The summed E-state index contributed by atoms with van der Waals surface area (Å²) in [5.74, 6) is 0.514. The molecule has 0 aromatic carbocycles. The summed E-state index contributed by atoms with van der Waals surface area (Å²) in [6.07, 6.45) is 4.73. The number of hydrogen-bond donors (Lipinski definition) is 0. The summed E-state index contributed by atoms with van der Waals surface area (Å²) < 4.78 is 5.43. The molecule has 1 fully saturated rings. The van der Waals surface area contributed by atoms with Crippen molar-refractivity contribution in [3.05, 3.63) is 24.0 Å². The van der Waals surface area contributed by atoms with E-state index in [4.69, 9.17) is 16.3 Å². The lowest BCUT2D eigenvalue weighted by Crippen LogP contribution is -2.26. The number of alkyl halides is 1. The molecule has 2 heterocycles. The highest BCUT2D eigenvalue weighted by Crippen LogP contribution is 2.21. The fraction of sp³-hybridized carbons (Fsp3) is 0.545. The molecular weight excluding hydrogens is 212 g/mol. The molecule has 3 nitrogen and oxygen atoms in total. The third kappa shape index (κ3) is 2.61. The van der Waals surface area contributed by atoms with E-state index in [1.54, 1.807) is 0 Å². The Morgan fingerprint density at radius 1 is 1.40 bits per heavy atom. The van der Waals surface area contributed by atoms with Gasteiger partial charge in [0.15, 0.2) is 0 Å². The van der Waals surface area contributed by atoms with Crippen molar-refractivity contribution in [3.63, 3.8) is 0 Å². The number of rotatable bonds is 2. The first kappa shape index (κ1) is 10.7. The molecule has 0 spiro atoms. The van der Waals surface area contributed by atoms with Crippen molar-refractivity contribution in [2.45, 2.75) is 12.3 Å². The van der Waals surface area contributed by atoms with Crippen LogP contribution < -0.4 is 4.90 Å². The standard InChI is InChI=1S/C11H15ClN2O/c12-8-10-9-13-3-2-11(10)14-4-1-6-15-7-5-14/h2-3,9H,1,4-8H2. The zero-order valence-corrected chi connectivity index (χ0v) is 9.41. The maximum Gasteiger partial charge on any atom is 0.0641 e. The van der Waals surface area contributed by atoms with Gasteiger partial charge in [-0.05, 0) is 12.5 Å². The van der Waals surface area contributed by atoms with Gasteiger partial charge in [-0.2, -0.15) is 0 Å². The Kier molecular flexibility index (Phi) is 3.80. The van der Waals surface area contributed by atoms with Crippen molar-refractivity contribution in [3.8, 4) is 0 Å². The fourth-order valence-electron chi connectivity index (χ4n) is 1.82. The minimum atomic E-state index is 0.514. The van der Waals surface area contributed by atoms with E-state index in [0.29, 0.717) is 5.88 Å². The van der Waals surface area contributed by atoms with E-state index in [1.807, 2.05) is 18.5 Å². The quantitative estimate of drug-likeness (QED) is 0.722. The first-order valence-electron chi connectivity index (χ1n) is 5.23. The monoisotopic (exact) mass is 226 g/mol. The fourth-order valence-corrected chi connectivity index (χ4v) is 2.02. The van der Waals surface area contributed by atoms with Crippen molar-refractivity contribution in [1.29, 1.82) is 0 Å². The average molecular weight is 227 g/mol. The van der Waals surface area contributed by atoms with Gasteiger partial charge in [-0.25, -0.2) is 0 Å². The lowest BCUT2D eigenvalue weighted by molar-refractivity contribution is 0.152. The van der Waals surface area contributed by atoms with Crippen LogP contribution in [0.15, 0.2) is 18.5 Å². The van der Waals surface area contributed by atoms with E-state index in [0.717, 1.165) is 38.3 Å². The number of halogens is 1. The second-order valence-corrected chi connectivity index (χ2v) is 3.86. The predicted octanol–water partition coefficient (Wildman–Crippen LogP) is 2.05. The molecule has 15 heavy (non-hydrogen) atoms. The Labute approximate surface area is 95.0 Å². The van der Waals surface area contributed by atoms with Crippen LogP contribution in [0, 0.1) is 0 Å². The minimum absolute atomic E-state index is 0.514. The van der Waals surface area contributed by atoms with E-state index in [1.165, 1.54) is 5.69 Å². The average Bonchev–Trinajstić information content (AvgIpc) is 2.57. The summed E-state index contributed by atoms with van der Waals surface area (Å²) in [5.41, 5.74) is 2.30. The van der Waals surface area contributed by atoms with Crippen molar-refractivity contribution < 1.29 is 4.74 Å². The van der Waals surface area contributed by atoms with Crippen molar-refractivity contribution >= 4 is 17.3 Å². The van der Waals surface area contributed by atoms with Gasteiger partial charge in [-0.3, -0.25) is 4.98 Å². The molecule has 82 valence electrons. The van der Waals surface area contributed by atoms with Crippen LogP contribution in [0.2, 0.25) is 0 Å². The smallest absolute Gasteiger partial charge is 0.0641 e. The summed E-state index contributed by atoms with van der Waals surface area (Å²) in [4.78, 5) is 6.42. The molecule has 0 amide bonds. The summed E-state index contributed by atoms with van der Waals surface area (Å²) >= 11 is 5.89. The van der Waals surface area contributed by atoms with Gasteiger partial charge >= 0.3 is 0 Å². The van der Waals surface area contributed by atoms with E-state index >= 15 is 0 Å². The van der Waals surface area contributed by atoms with Crippen LogP contribution in [0.5, 0.6) is 0 Å². The van der Waals surface area contributed by atoms with Gasteiger partial charge in [-0.1, -0.05) is 0 Å². The number of pyridine rings is 1. The maximum absolute atomic E-state index is 5.89. The second-order valence-electron chi connectivity index (χ2n) is 3.59. The van der Waals surface area contributed by atoms with Gasteiger partial charge in [0.25, 0.3) is 0 Å². The van der Waals surface area contributed by atoms with Crippen LogP contribution in [0.1, 0.15) is 12.0 Å². The molecule has 1 aliphatic rings. The van der Waals surface area contributed by atoms with Crippen LogP contribution >= 0.6 is 11.6 Å². The number of hydrogen-bond acceptors (Lipinski definition) is 3. The Morgan fingerprint density at radius 2 is 2.33 bits per heavy atom. The van der Waals surface area contributed by atoms with Crippen molar-refractivity contribution in [2.24, 2.45) is 0 Å². The number of anilines is 1. The third-order valence-corrected chi connectivity index (χ3v) is 2.87. The van der Waals surface area contributed by atoms with Gasteiger partial charge < -0.3 is 9.64 Å². The molecule has 0 radical (unpaired) electrons. The highest BCUT2D eigenvalue weighted by molar-refractivity contribution is 6.17. The molecule has 0 saturated carbocycles. The van der Waals surface area contributed by atoms with Gasteiger partial charge in [0, 0.05) is 43.3 Å². The van der Waals surface area contributed by atoms with E-state index in [9.17, 15) is 0 Å². The molecule has 0 atom stereocenters. The number of nitrogens with zero attached hydrogens (tertiary/aromatic N) is 2. The van der Waals surface area contributed by atoms with Crippen LogP contribution in [0.25, 0.3) is 0 Å². The SMILES string of the molecule is ClCc1cnccc1N1CCCOCC1. The maximum atomic E-state index is 5.89. The predicted molar refractivity (Wildman–Crippen MR) is 61.4 cm³/mol. The minimum Gasteiger partial charge on any atom is -0.380 e. The molecule has 4 heteroatoms. The largest absolute Gasteiger partial charge is 0.380 e. The highest BCUT2D eigenvalue weighted by Gasteiger charge is 2.12. The van der Waals surface area contributed by atoms with Crippen LogP contribution in [-0.4, -0.2) is 31.3 Å². The lowest BCUT2D eigenvalue weighted by atomic mass is 10.2. The second kappa shape index (κ2) is 5.33. The third-order valence-electron chi connectivity index (χ3n) is 2.58. The summed E-state index contributed by atoms with van der Waals surface area (Å²) in [5, 5.41) is 0. The molecule has 1 saturated heterocycles. The van der Waals surface area contributed by atoms with Crippen LogP contribution in [-0.2, 0) is 10.6 Å². The molecule has 0 bridgehead atoms. The van der Waals surface area contributed by atoms with Crippen molar-refractivity contribution in [2.75, 3.05) is 31.2 Å². The summed E-state index contributed by atoms with van der Waals surface area (Å²) in [6.45, 7) is 3.63. The number of aromatic nitrogens is 1. The van der Waals surface area contributed by atoms with Gasteiger partial charge in [0.2, 0.25) is 0 Å². The molecule has 0 N–H and O–H groups in total. The molecule has 0 aliphatic carbocycles. The molecule has 0 unspecified atom stereocenters. The zero-order chi connectivity index (χ0) is 10.5. The first-order valence-corrected chi connectivity index (χ1v) is 5.77. The summed E-state index contributed by atoms with van der Waals surface area (Å²) in [6, 6.07) is 2.03. The topological polar surface area (TPSA) is 25.4 Å². The first-order chi connectivity index (χ1) is 7.42. The Morgan fingerprint density at radius 3 is 3.20 bits per heavy atom. The van der Waals surface area contributed by atoms with Crippen LogP contribution in [0.3, 0.4) is 0 Å². The molecule has 1 aromatic heterocycles. The van der Waals surface area contributed by atoms with E-state index < -0.39 is 0 Å².